The first-order valence-corrected chi connectivity index (χ1v) is 12.2. The number of amidine groups is 2. The Balaban J connectivity index is 0.000000646. The molecule has 242 valence electrons. The average molecular weight is 657 g/mol. The molecule has 21 heteroatoms. The zero-order valence-corrected chi connectivity index (χ0v) is 26.1. The van der Waals surface area contributed by atoms with Gasteiger partial charge in [0, 0.05) is 81.7 Å². The maximum Gasteiger partial charge on any atom is 0.525 e. The van der Waals surface area contributed by atoms with E-state index in [0.717, 1.165) is 30.4 Å². The van der Waals surface area contributed by atoms with E-state index in [4.69, 9.17) is 30.6 Å². The van der Waals surface area contributed by atoms with E-state index in [0.29, 0.717) is 11.4 Å². The Hall–Kier alpha value is -4.55. The number of nitrogens with zero attached hydrogens (tertiary/aromatic N) is 8. The number of imidazole rings is 2. The Morgan fingerprint density at radius 2 is 0.860 bits per heavy atom. The second-order valence-electron chi connectivity index (χ2n) is 11.3. The van der Waals surface area contributed by atoms with Crippen LogP contribution >= 0.6 is 0 Å². The van der Waals surface area contributed by atoms with Gasteiger partial charge in [-0.2, -0.15) is 0 Å². The van der Waals surface area contributed by atoms with Crippen molar-refractivity contribution in [3.8, 4) is 0 Å². The molecule has 4 heterocycles. The molecule has 2 N–H and O–H groups in total. The number of hydrogen-bond acceptors (Lipinski definition) is 12. The van der Waals surface area contributed by atoms with Gasteiger partial charge in [0.15, 0.2) is 0 Å². The average Bonchev–Trinajstić information content (AvgIpc) is 3.50. The first kappa shape index (κ1) is 38.5. The van der Waals surface area contributed by atoms with Gasteiger partial charge in [0.05, 0.1) is 34.2 Å². The number of nitrogens with one attached hydrogen (secondary N) is 2. The van der Waals surface area contributed by atoms with E-state index >= 15 is 0 Å². The summed E-state index contributed by atoms with van der Waals surface area (Å²) < 4.78 is 3.07. The van der Waals surface area contributed by atoms with Gasteiger partial charge in [-0.05, 0) is 13.8 Å². The molecule has 0 radical (unpaired) electrons. The van der Waals surface area contributed by atoms with Gasteiger partial charge >= 0.3 is 11.7 Å². The molecule has 0 spiro atoms. The van der Waals surface area contributed by atoms with E-state index in [1.54, 1.807) is 69.2 Å². The van der Waals surface area contributed by atoms with Crippen molar-refractivity contribution < 1.29 is 45.7 Å². The molecule has 0 amide bonds. The summed E-state index contributed by atoms with van der Waals surface area (Å²) in [5.74, 6) is 0.164. The summed E-state index contributed by atoms with van der Waals surface area (Å²) in [5, 5.41) is 54.1. The normalized spacial score (nSPS) is 18.7. The monoisotopic (exact) mass is 656 g/mol. The Bertz CT molecular complexity index is 1340. The van der Waals surface area contributed by atoms with Gasteiger partial charge in [0.2, 0.25) is 22.5 Å². The maximum absolute atomic E-state index is 12.3. The second kappa shape index (κ2) is 13.2. The SMILES string of the molecule is Cc1[nH]cnc1C1=[N+]([O-])C(C)(C)C(C)(C)[N+]1=O.Cc1[nH]cnc1C1=[N+]([O-])C(C)(C)C(C)(C)[N+]1=O.O=[N+]([O-])[O-].O=[N+]([O-])[O-].[Ni]. The Kier molecular flexibility index (Phi) is 11.8. The minimum Gasteiger partial charge on any atom is -0.618 e. The molecule has 0 bridgehead atoms. The van der Waals surface area contributed by atoms with Crippen molar-refractivity contribution in [2.45, 2.75) is 91.4 Å². The fourth-order valence-electron chi connectivity index (χ4n) is 3.77. The minimum atomic E-state index is -1.75. The van der Waals surface area contributed by atoms with Gasteiger partial charge in [-0.25, -0.2) is 9.97 Å². The largest absolute Gasteiger partial charge is 0.618 e. The van der Waals surface area contributed by atoms with E-state index in [1.807, 2.05) is 0 Å². The van der Waals surface area contributed by atoms with Crippen LogP contribution in [0, 0.1) is 64.7 Å². The van der Waals surface area contributed by atoms with E-state index < -0.39 is 32.3 Å². The molecule has 2 aliphatic rings. The fraction of sp³-hybridized carbons (Fsp3) is 0.636. The molecule has 0 fully saturated rings. The minimum absolute atomic E-state index is 0. The van der Waals surface area contributed by atoms with E-state index in [-0.39, 0.29) is 28.2 Å². The molecule has 43 heavy (non-hydrogen) atoms. The molecule has 0 unspecified atom stereocenters. The Morgan fingerprint density at radius 1 is 0.628 bits per heavy atom. The number of H-pyrrole nitrogens is 2. The van der Waals surface area contributed by atoms with Gasteiger partial charge in [0.1, 0.15) is 9.52 Å². The topological polar surface area (TPSA) is 282 Å². The summed E-state index contributed by atoms with van der Waals surface area (Å²) in [6, 6.07) is 0. The summed E-state index contributed by atoms with van der Waals surface area (Å²) in [7, 11) is 0. The molecular weight excluding hydrogens is 623 g/mol. The van der Waals surface area contributed by atoms with Crippen molar-refractivity contribution in [1.82, 2.24) is 19.9 Å². The molecule has 2 aliphatic heterocycles. The second-order valence-corrected chi connectivity index (χ2v) is 11.3. The van der Waals surface area contributed by atoms with Crippen LogP contribution in [0.2, 0.25) is 0 Å². The molecule has 0 atom stereocenters. The standard InChI is InChI=1S/2C11H17N4O2.2NO3.Ni/c2*1-7-8(13-6-12-7)9-14(16)10(2,3)11(4,5)15(9)17;2*2-1(3)4;/h2*6H,1-5H3,(H,12,13);;;/q2*+1;2*-1;. The van der Waals surface area contributed by atoms with Crippen molar-refractivity contribution in [3.05, 3.63) is 86.3 Å². The van der Waals surface area contributed by atoms with Crippen molar-refractivity contribution >= 4 is 11.7 Å². The van der Waals surface area contributed by atoms with Gasteiger partial charge in [0.25, 0.3) is 11.1 Å². The fourth-order valence-corrected chi connectivity index (χ4v) is 3.77. The predicted molar refractivity (Wildman–Crippen MR) is 146 cm³/mol. The summed E-state index contributed by atoms with van der Waals surface area (Å²) in [5.41, 5.74) is -0.900. The van der Waals surface area contributed by atoms with Gasteiger partial charge in [-0.3, -0.25) is 0 Å². The zero-order valence-electron chi connectivity index (χ0n) is 25.1. The Labute approximate surface area is 255 Å². The van der Waals surface area contributed by atoms with Crippen molar-refractivity contribution in [2.24, 2.45) is 0 Å². The summed E-state index contributed by atoms with van der Waals surface area (Å²) in [6.45, 7) is 17.7. The van der Waals surface area contributed by atoms with Crippen LogP contribution in [0.4, 0.5) is 0 Å². The van der Waals surface area contributed by atoms with E-state index in [2.05, 4.69) is 19.9 Å². The molecule has 4 rings (SSSR count). The molecule has 2 aromatic rings. The number of hydrogen-bond donors (Lipinski definition) is 2. The molecule has 0 aliphatic carbocycles. The molecule has 0 saturated heterocycles. The van der Waals surface area contributed by atoms with Crippen LogP contribution in [0.3, 0.4) is 0 Å². The van der Waals surface area contributed by atoms with Crippen LogP contribution in [-0.4, -0.2) is 82.9 Å². The number of aromatic nitrogens is 4. The molecule has 0 aromatic carbocycles. The molecule has 20 nitrogen and oxygen atoms in total. The number of aromatic amines is 2. The summed E-state index contributed by atoms with van der Waals surface area (Å²) in [4.78, 5) is 54.9. The molecule has 0 saturated carbocycles. The quantitative estimate of drug-likeness (QED) is 0.154. The maximum atomic E-state index is 12.3. The number of aryl methyl sites for hydroxylation is 2. The van der Waals surface area contributed by atoms with Gasteiger partial charge in [-0.15, -0.1) is 9.48 Å². The van der Waals surface area contributed by atoms with Gasteiger partial charge < -0.3 is 51.0 Å². The summed E-state index contributed by atoms with van der Waals surface area (Å²) in [6.07, 6.45) is 2.97. The first-order valence-electron chi connectivity index (χ1n) is 12.2. The van der Waals surface area contributed by atoms with Crippen LogP contribution in [0.1, 0.15) is 78.2 Å². The third kappa shape index (κ3) is 7.10. The van der Waals surface area contributed by atoms with Crippen LogP contribution in [-0.2, 0) is 16.5 Å². The van der Waals surface area contributed by atoms with E-state index in [1.165, 1.54) is 12.7 Å². The third-order valence-corrected chi connectivity index (χ3v) is 7.88. The van der Waals surface area contributed by atoms with Crippen LogP contribution < -0.4 is 0 Å². The van der Waals surface area contributed by atoms with Crippen LogP contribution in [0.15, 0.2) is 12.7 Å². The van der Waals surface area contributed by atoms with Crippen molar-refractivity contribution in [3.63, 3.8) is 0 Å². The van der Waals surface area contributed by atoms with Crippen molar-refractivity contribution in [1.29, 1.82) is 0 Å². The number of hydroxylamine groups is 2. The number of rotatable bonds is 2. The van der Waals surface area contributed by atoms with Crippen molar-refractivity contribution in [2.75, 3.05) is 0 Å². The summed E-state index contributed by atoms with van der Waals surface area (Å²) >= 11 is 0. The molecular formula is C22H34N10NiO10. The zero-order chi connectivity index (χ0) is 33.2. The third-order valence-electron chi connectivity index (χ3n) is 7.88. The first-order chi connectivity index (χ1) is 18.9. The van der Waals surface area contributed by atoms with Crippen LogP contribution in [0.25, 0.3) is 0 Å². The predicted octanol–water partition coefficient (Wildman–Crippen LogP) is 2.17. The Morgan fingerprint density at radius 3 is 1.00 bits per heavy atom. The number of nitroso groups, excluding NO2 is 2. The van der Waals surface area contributed by atoms with E-state index in [9.17, 15) is 20.2 Å². The molecule has 2 aromatic heterocycles. The smallest absolute Gasteiger partial charge is 0.525 e. The van der Waals surface area contributed by atoms with Crippen LogP contribution in [0.5, 0.6) is 0 Å². The van der Waals surface area contributed by atoms with Gasteiger partial charge in [-0.1, -0.05) is 0 Å².